The van der Waals surface area contributed by atoms with E-state index in [-0.39, 0.29) is 40.6 Å². The van der Waals surface area contributed by atoms with Gasteiger partial charge in [0.2, 0.25) is 11.9 Å². The molecule has 1 aliphatic heterocycles. The van der Waals surface area contributed by atoms with Crippen LogP contribution < -0.4 is 20.5 Å². The summed E-state index contributed by atoms with van der Waals surface area (Å²) < 4.78 is 46.8. The Kier molecular flexibility index (Phi) is 6.45. The van der Waals surface area contributed by atoms with Crippen molar-refractivity contribution in [3.05, 3.63) is 45.0 Å². The van der Waals surface area contributed by atoms with Crippen molar-refractivity contribution in [2.75, 3.05) is 16.8 Å². The predicted octanol–water partition coefficient (Wildman–Crippen LogP) is 4.48. The minimum absolute atomic E-state index is 0.117. The quantitative estimate of drug-likeness (QED) is 0.495. The number of carbonyl (C=O) groups excluding carboxylic acids is 1. The topological polar surface area (TPSA) is 122 Å². The lowest BCUT2D eigenvalue weighted by molar-refractivity contribution is -0.274. The Morgan fingerprint density at radius 2 is 2.03 bits per heavy atom. The first-order chi connectivity index (χ1) is 16.4. The van der Waals surface area contributed by atoms with Crippen molar-refractivity contribution < 1.29 is 27.4 Å². The van der Waals surface area contributed by atoms with Crippen LogP contribution in [0, 0.1) is 6.92 Å². The number of benzene rings is 1. The fourth-order valence-corrected chi connectivity index (χ4v) is 3.88. The van der Waals surface area contributed by atoms with Crippen LogP contribution in [0.3, 0.4) is 0 Å². The number of aromatic nitrogens is 4. The van der Waals surface area contributed by atoms with Crippen LogP contribution >= 0.6 is 11.6 Å². The van der Waals surface area contributed by atoms with Crippen LogP contribution in [0.5, 0.6) is 5.75 Å². The molecule has 1 saturated heterocycles. The van der Waals surface area contributed by atoms with Gasteiger partial charge in [0.05, 0.1) is 22.6 Å². The van der Waals surface area contributed by atoms with Gasteiger partial charge in [-0.15, -0.1) is 13.2 Å². The number of H-pyrrole nitrogens is 1. The van der Waals surface area contributed by atoms with E-state index in [4.69, 9.17) is 16.3 Å². The number of aryl methyl sites for hydroxylation is 1. The maximum absolute atomic E-state index is 12.7. The molecule has 1 fully saturated rings. The second-order valence-electron chi connectivity index (χ2n) is 7.85. The standard InChI is InChI=1S/C21H20ClF3N6O4/c1-4-12-8-34-20(33)31(12)19-28-10(3)27-18(30-19)26-9(2)13-5-11-6-14(22)16(35-21(23,24)25)7-15(11)29-17(13)32/h5-7,9,12H,4,8H2,1-3H3,(H,29,32)(H,26,27,28,30)/t9-,12-/m0/s1. The maximum Gasteiger partial charge on any atom is 0.573 e. The van der Waals surface area contributed by atoms with Gasteiger partial charge in [-0.3, -0.25) is 4.79 Å². The molecule has 3 heterocycles. The van der Waals surface area contributed by atoms with Gasteiger partial charge < -0.3 is 19.8 Å². The Labute approximate surface area is 201 Å². The molecule has 0 saturated carbocycles. The van der Waals surface area contributed by atoms with Gasteiger partial charge in [0.1, 0.15) is 18.2 Å². The van der Waals surface area contributed by atoms with E-state index in [1.165, 1.54) is 17.0 Å². The van der Waals surface area contributed by atoms with Crippen molar-refractivity contribution in [2.24, 2.45) is 0 Å². The third-order valence-electron chi connectivity index (χ3n) is 5.35. The number of pyridine rings is 1. The first-order valence-corrected chi connectivity index (χ1v) is 10.9. The Morgan fingerprint density at radius 3 is 2.71 bits per heavy atom. The molecule has 10 nitrogen and oxygen atoms in total. The number of halogens is 4. The number of carbonyl (C=O) groups is 1. The van der Waals surface area contributed by atoms with E-state index in [1.807, 2.05) is 6.92 Å². The molecule has 0 unspecified atom stereocenters. The van der Waals surface area contributed by atoms with E-state index in [0.717, 1.165) is 6.07 Å². The number of anilines is 2. The van der Waals surface area contributed by atoms with Gasteiger partial charge in [0.15, 0.2) is 0 Å². The highest BCUT2D eigenvalue weighted by molar-refractivity contribution is 6.32. The summed E-state index contributed by atoms with van der Waals surface area (Å²) in [6.07, 6.45) is -4.85. The molecule has 2 atom stereocenters. The molecule has 186 valence electrons. The van der Waals surface area contributed by atoms with E-state index in [2.05, 4.69) is 30.0 Å². The van der Waals surface area contributed by atoms with E-state index in [1.54, 1.807) is 13.8 Å². The number of cyclic esters (lactones) is 1. The third kappa shape index (κ3) is 5.24. The van der Waals surface area contributed by atoms with Gasteiger partial charge in [0, 0.05) is 17.0 Å². The number of fused-ring (bicyclic) bond motifs is 1. The lowest BCUT2D eigenvalue weighted by atomic mass is 10.1. The minimum Gasteiger partial charge on any atom is -0.447 e. The maximum atomic E-state index is 12.7. The number of hydrogen-bond acceptors (Lipinski definition) is 8. The van der Waals surface area contributed by atoms with Gasteiger partial charge >= 0.3 is 12.5 Å². The molecule has 0 radical (unpaired) electrons. The Morgan fingerprint density at radius 1 is 1.29 bits per heavy atom. The molecule has 0 spiro atoms. The summed E-state index contributed by atoms with van der Waals surface area (Å²) in [6.45, 7) is 5.45. The van der Waals surface area contributed by atoms with Gasteiger partial charge in [-0.2, -0.15) is 15.0 Å². The van der Waals surface area contributed by atoms with Gasteiger partial charge in [-0.25, -0.2) is 9.69 Å². The molecular formula is C21H20ClF3N6O4. The normalized spacial score (nSPS) is 16.9. The van der Waals surface area contributed by atoms with Crippen LogP contribution in [0.2, 0.25) is 5.02 Å². The lowest BCUT2D eigenvalue weighted by Crippen LogP contribution is -2.35. The summed E-state index contributed by atoms with van der Waals surface area (Å²) in [5.41, 5.74) is -0.173. The van der Waals surface area contributed by atoms with Crippen LogP contribution in [0.1, 0.15) is 37.7 Å². The largest absolute Gasteiger partial charge is 0.573 e. The lowest BCUT2D eigenvalue weighted by Gasteiger charge is -2.20. The molecule has 3 aromatic rings. The summed E-state index contributed by atoms with van der Waals surface area (Å²) in [6, 6.07) is 2.92. The zero-order chi connectivity index (χ0) is 25.5. The highest BCUT2D eigenvalue weighted by atomic mass is 35.5. The third-order valence-corrected chi connectivity index (χ3v) is 5.64. The molecule has 4 rings (SSSR count). The summed E-state index contributed by atoms with van der Waals surface area (Å²) in [5.74, 6) is -0.0325. The van der Waals surface area contributed by atoms with Crippen molar-refractivity contribution in [3.8, 4) is 5.75 Å². The first-order valence-electron chi connectivity index (χ1n) is 10.5. The zero-order valence-corrected chi connectivity index (χ0v) is 19.5. The molecule has 0 aliphatic carbocycles. The Balaban J connectivity index is 1.63. The van der Waals surface area contributed by atoms with Crippen molar-refractivity contribution in [2.45, 2.75) is 45.6 Å². The number of alkyl halides is 3. The second-order valence-corrected chi connectivity index (χ2v) is 8.26. The highest BCUT2D eigenvalue weighted by Crippen LogP contribution is 2.33. The van der Waals surface area contributed by atoms with Crippen LogP contribution in [-0.4, -0.2) is 45.0 Å². The van der Waals surface area contributed by atoms with Gasteiger partial charge in [-0.05, 0) is 32.4 Å². The van der Waals surface area contributed by atoms with Gasteiger partial charge in [0.25, 0.3) is 5.56 Å². The average Bonchev–Trinajstić information content (AvgIpc) is 3.13. The summed E-state index contributed by atoms with van der Waals surface area (Å²) >= 11 is 5.94. The zero-order valence-electron chi connectivity index (χ0n) is 18.7. The minimum atomic E-state index is -4.93. The second kappa shape index (κ2) is 9.21. The first kappa shape index (κ1) is 24.5. The monoisotopic (exact) mass is 512 g/mol. The fraction of sp³-hybridized carbons (Fsp3) is 0.381. The number of rotatable bonds is 6. The van der Waals surface area contributed by atoms with Gasteiger partial charge in [-0.1, -0.05) is 18.5 Å². The van der Waals surface area contributed by atoms with Crippen molar-refractivity contribution >= 4 is 40.5 Å². The van der Waals surface area contributed by atoms with E-state index in [9.17, 15) is 22.8 Å². The fourth-order valence-electron chi connectivity index (χ4n) is 3.67. The number of nitrogens with one attached hydrogen (secondary N) is 2. The van der Waals surface area contributed by atoms with Crippen LogP contribution in [0.25, 0.3) is 10.9 Å². The molecule has 1 aromatic carbocycles. The molecule has 0 bridgehead atoms. The van der Waals surface area contributed by atoms with E-state index < -0.39 is 29.8 Å². The van der Waals surface area contributed by atoms with Crippen LogP contribution in [0.15, 0.2) is 23.0 Å². The van der Waals surface area contributed by atoms with Crippen molar-refractivity contribution in [3.63, 3.8) is 0 Å². The smallest absolute Gasteiger partial charge is 0.447 e. The van der Waals surface area contributed by atoms with Crippen LogP contribution in [-0.2, 0) is 4.74 Å². The number of ether oxygens (including phenoxy) is 2. The highest BCUT2D eigenvalue weighted by Gasteiger charge is 2.35. The SMILES string of the molecule is CC[C@H]1COC(=O)N1c1nc(C)nc(N[C@@H](C)c2cc3cc(Cl)c(OC(F)(F)F)cc3[nH]c2=O)n1. The molecule has 2 N–H and O–H groups in total. The number of nitrogens with zero attached hydrogens (tertiary/aromatic N) is 4. The number of hydrogen-bond donors (Lipinski definition) is 2. The Hall–Kier alpha value is -3.61. The molecule has 1 amide bonds. The Bertz CT molecular complexity index is 1350. The summed E-state index contributed by atoms with van der Waals surface area (Å²) in [4.78, 5) is 41.5. The molecule has 1 aliphatic rings. The number of aromatic amines is 1. The van der Waals surface area contributed by atoms with E-state index in [0.29, 0.717) is 17.6 Å². The molecular weight excluding hydrogens is 493 g/mol. The molecule has 35 heavy (non-hydrogen) atoms. The van der Waals surface area contributed by atoms with Crippen molar-refractivity contribution in [1.29, 1.82) is 0 Å². The number of amides is 1. The average molecular weight is 513 g/mol. The molecule has 2 aromatic heterocycles. The summed E-state index contributed by atoms with van der Waals surface area (Å²) in [5, 5.41) is 3.13. The summed E-state index contributed by atoms with van der Waals surface area (Å²) in [7, 11) is 0. The van der Waals surface area contributed by atoms with Crippen molar-refractivity contribution in [1.82, 2.24) is 19.9 Å². The predicted molar refractivity (Wildman–Crippen MR) is 121 cm³/mol. The van der Waals surface area contributed by atoms with E-state index >= 15 is 0 Å². The molecule has 14 heteroatoms. The van der Waals surface area contributed by atoms with Crippen LogP contribution in [0.4, 0.5) is 29.9 Å².